The number of ketones is 2. The molecule has 2 unspecified atom stereocenters. The summed E-state index contributed by atoms with van der Waals surface area (Å²) in [5.74, 6) is -2.64. The van der Waals surface area contributed by atoms with Crippen LogP contribution in [-0.2, 0) is 9.59 Å². The van der Waals surface area contributed by atoms with E-state index in [-0.39, 0.29) is 30.9 Å². The standard InChI is InChI=1S/C21H32O5/c1-6-15(5)18(23)17-19(24)16(10-9-13(2)3)21(26,20(17)25)11-7-8-14(4)12-22/h8-9,15-16,22,25-26H,6-7,10-12H2,1-5H3/b14-8+/t15?,16-,21?/m1/s1. The second-order valence-corrected chi connectivity index (χ2v) is 7.50. The molecule has 26 heavy (non-hydrogen) atoms. The maximum Gasteiger partial charge on any atom is 0.176 e. The van der Waals surface area contributed by atoms with Crippen molar-refractivity contribution < 1.29 is 24.9 Å². The Bertz CT molecular complexity index is 637. The van der Waals surface area contributed by atoms with Crippen molar-refractivity contribution in [1.29, 1.82) is 0 Å². The molecule has 0 saturated carbocycles. The number of hydrogen-bond acceptors (Lipinski definition) is 5. The lowest BCUT2D eigenvalue weighted by Gasteiger charge is -2.28. The lowest BCUT2D eigenvalue weighted by atomic mass is 9.82. The molecular weight excluding hydrogens is 332 g/mol. The first-order valence-corrected chi connectivity index (χ1v) is 9.24. The molecule has 0 radical (unpaired) electrons. The number of aliphatic hydroxyl groups is 3. The van der Waals surface area contributed by atoms with E-state index in [2.05, 4.69) is 0 Å². The quantitative estimate of drug-likeness (QED) is 0.430. The van der Waals surface area contributed by atoms with Crippen molar-refractivity contribution in [3.05, 3.63) is 34.6 Å². The van der Waals surface area contributed by atoms with Gasteiger partial charge in [0, 0.05) is 5.92 Å². The molecule has 0 bridgehead atoms. The third-order valence-corrected chi connectivity index (χ3v) is 5.12. The molecule has 0 aromatic carbocycles. The zero-order valence-electron chi connectivity index (χ0n) is 16.5. The number of Topliss-reactive ketones (excluding diaryl/α,β-unsaturated/α-hetero) is 2. The van der Waals surface area contributed by atoms with Crippen LogP contribution in [0, 0.1) is 11.8 Å². The minimum absolute atomic E-state index is 0.0852. The molecule has 0 aromatic rings. The van der Waals surface area contributed by atoms with Crippen LogP contribution in [0.1, 0.15) is 60.3 Å². The van der Waals surface area contributed by atoms with Crippen LogP contribution in [-0.4, -0.2) is 39.1 Å². The Kier molecular flexibility index (Phi) is 7.97. The smallest absolute Gasteiger partial charge is 0.176 e. The van der Waals surface area contributed by atoms with E-state index in [4.69, 9.17) is 5.11 Å². The highest BCUT2D eigenvalue weighted by molar-refractivity contribution is 6.24. The van der Waals surface area contributed by atoms with Crippen molar-refractivity contribution in [3.8, 4) is 0 Å². The van der Waals surface area contributed by atoms with Crippen LogP contribution in [0.15, 0.2) is 34.6 Å². The monoisotopic (exact) mass is 364 g/mol. The number of allylic oxidation sites excluding steroid dienone is 4. The molecule has 5 heteroatoms. The van der Waals surface area contributed by atoms with Crippen molar-refractivity contribution >= 4 is 11.6 Å². The molecular formula is C21H32O5. The van der Waals surface area contributed by atoms with Crippen molar-refractivity contribution in [1.82, 2.24) is 0 Å². The summed E-state index contributed by atoms with van der Waals surface area (Å²) in [6.07, 6.45) is 4.92. The number of carbonyl (C=O) groups excluding carboxylic acids is 2. The van der Waals surface area contributed by atoms with E-state index in [0.717, 1.165) is 11.1 Å². The summed E-state index contributed by atoms with van der Waals surface area (Å²) in [5.41, 5.74) is -0.249. The second kappa shape index (κ2) is 9.28. The van der Waals surface area contributed by atoms with Gasteiger partial charge in [-0.2, -0.15) is 0 Å². The Hall–Kier alpha value is -1.72. The first-order valence-electron chi connectivity index (χ1n) is 9.24. The first-order chi connectivity index (χ1) is 12.1. The van der Waals surface area contributed by atoms with Gasteiger partial charge in [-0.3, -0.25) is 9.59 Å². The molecule has 0 aliphatic heterocycles. The van der Waals surface area contributed by atoms with E-state index in [1.165, 1.54) is 0 Å². The number of carbonyl (C=O) groups is 2. The number of aliphatic hydroxyl groups excluding tert-OH is 2. The Balaban J connectivity index is 3.27. The van der Waals surface area contributed by atoms with Gasteiger partial charge in [0.25, 0.3) is 0 Å². The molecule has 146 valence electrons. The van der Waals surface area contributed by atoms with Gasteiger partial charge in [-0.15, -0.1) is 0 Å². The van der Waals surface area contributed by atoms with E-state index in [1.807, 2.05) is 26.8 Å². The van der Waals surface area contributed by atoms with Crippen LogP contribution in [0.25, 0.3) is 0 Å². The summed E-state index contributed by atoms with van der Waals surface area (Å²) in [6.45, 7) is 9.02. The molecule has 1 rings (SSSR count). The molecule has 3 N–H and O–H groups in total. The van der Waals surface area contributed by atoms with Crippen molar-refractivity contribution in [3.63, 3.8) is 0 Å². The average molecular weight is 364 g/mol. The third-order valence-electron chi connectivity index (χ3n) is 5.12. The highest BCUT2D eigenvalue weighted by Gasteiger charge is 2.54. The fourth-order valence-corrected chi connectivity index (χ4v) is 3.11. The van der Waals surface area contributed by atoms with E-state index in [1.54, 1.807) is 19.9 Å². The van der Waals surface area contributed by atoms with Gasteiger partial charge in [0.1, 0.15) is 16.9 Å². The molecule has 1 aliphatic rings. The van der Waals surface area contributed by atoms with Crippen LogP contribution in [0.5, 0.6) is 0 Å². The molecule has 5 nitrogen and oxygen atoms in total. The van der Waals surface area contributed by atoms with Gasteiger partial charge >= 0.3 is 0 Å². The molecule has 1 aliphatic carbocycles. The van der Waals surface area contributed by atoms with Gasteiger partial charge in [0.05, 0.1) is 12.5 Å². The van der Waals surface area contributed by atoms with E-state index in [0.29, 0.717) is 12.8 Å². The minimum Gasteiger partial charge on any atom is -0.508 e. The fourth-order valence-electron chi connectivity index (χ4n) is 3.11. The largest absolute Gasteiger partial charge is 0.508 e. The molecule has 0 aromatic heterocycles. The molecule has 0 fully saturated rings. The summed E-state index contributed by atoms with van der Waals surface area (Å²) >= 11 is 0. The maximum atomic E-state index is 12.9. The number of rotatable bonds is 9. The van der Waals surface area contributed by atoms with E-state index >= 15 is 0 Å². The van der Waals surface area contributed by atoms with Gasteiger partial charge in [-0.1, -0.05) is 37.1 Å². The fraction of sp³-hybridized carbons (Fsp3) is 0.619. The zero-order chi connectivity index (χ0) is 20.1. The second-order valence-electron chi connectivity index (χ2n) is 7.50. The first kappa shape index (κ1) is 22.3. The Morgan fingerprint density at radius 2 is 1.88 bits per heavy atom. The van der Waals surface area contributed by atoms with Gasteiger partial charge in [-0.05, 0) is 46.5 Å². The summed E-state index contributed by atoms with van der Waals surface area (Å²) in [5, 5.41) is 30.9. The molecule has 0 heterocycles. The normalized spacial score (nSPS) is 24.8. The Morgan fingerprint density at radius 3 is 2.38 bits per heavy atom. The van der Waals surface area contributed by atoms with E-state index in [9.17, 15) is 19.8 Å². The highest BCUT2D eigenvalue weighted by atomic mass is 16.3. The summed E-state index contributed by atoms with van der Waals surface area (Å²) in [4.78, 5) is 25.5. The van der Waals surface area contributed by atoms with Crippen LogP contribution in [0.3, 0.4) is 0 Å². The third kappa shape index (κ3) is 4.71. The lowest BCUT2D eigenvalue weighted by Crippen LogP contribution is -2.38. The van der Waals surface area contributed by atoms with Crippen LogP contribution < -0.4 is 0 Å². The zero-order valence-corrected chi connectivity index (χ0v) is 16.5. The summed E-state index contributed by atoms with van der Waals surface area (Å²) in [6, 6.07) is 0. The molecule has 0 amide bonds. The topological polar surface area (TPSA) is 94.8 Å². The number of hydrogen-bond donors (Lipinski definition) is 3. The van der Waals surface area contributed by atoms with Crippen LogP contribution >= 0.6 is 0 Å². The highest BCUT2D eigenvalue weighted by Crippen LogP contribution is 2.43. The molecule has 3 atom stereocenters. The summed E-state index contributed by atoms with van der Waals surface area (Å²) < 4.78 is 0. The van der Waals surface area contributed by atoms with Gasteiger partial charge in [0.2, 0.25) is 0 Å². The predicted molar refractivity (Wildman–Crippen MR) is 102 cm³/mol. The minimum atomic E-state index is -1.76. The predicted octanol–water partition coefficient (Wildman–Crippen LogP) is 3.42. The van der Waals surface area contributed by atoms with Gasteiger partial charge in [0.15, 0.2) is 11.6 Å². The lowest BCUT2D eigenvalue weighted by molar-refractivity contribution is -0.127. The molecule has 0 saturated heterocycles. The van der Waals surface area contributed by atoms with Crippen molar-refractivity contribution in [2.24, 2.45) is 11.8 Å². The maximum absolute atomic E-state index is 12.9. The van der Waals surface area contributed by atoms with E-state index < -0.39 is 28.8 Å². The summed E-state index contributed by atoms with van der Waals surface area (Å²) in [7, 11) is 0. The van der Waals surface area contributed by atoms with Crippen LogP contribution in [0.4, 0.5) is 0 Å². The Morgan fingerprint density at radius 1 is 1.27 bits per heavy atom. The SMILES string of the molecule is CCC(C)C(=O)C1=C(O)C(O)(CC/C=C(\C)CO)[C@H](CC=C(C)C)C1=O. The van der Waals surface area contributed by atoms with Crippen molar-refractivity contribution in [2.45, 2.75) is 65.9 Å². The van der Waals surface area contributed by atoms with Crippen LogP contribution in [0.2, 0.25) is 0 Å². The van der Waals surface area contributed by atoms with Gasteiger partial charge < -0.3 is 15.3 Å². The molecule has 0 spiro atoms. The average Bonchev–Trinajstić information content (AvgIpc) is 2.77. The van der Waals surface area contributed by atoms with Crippen molar-refractivity contribution in [2.75, 3.05) is 6.61 Å². The Labute approximate surface area is 156 Å². The van der Waals surface area contributed by atoms with Gasteiger partial charge in [-0.25, -0.2) is 0 Å².